The summed E-state index contributed by atoms with van der Waals surface area (Å²) in [6, 6.07) is 7.61. The molecule has 1 N–H and O–H groups in total. The second-order valence-electron chi connectivity index (χ2n) is 4.37. The fourth-order valence-electron chi connectivity index (χ4n) is 1.56. The number of carbonyl (C=O) groups excluding carboxylic acids is 1. The van der Waals surface area contributed by atoms with Gasteiger partial charge in [0.2, 0.25) is 11.8 Å². The average molecular weight is 370 g/mol. The second kappa shape index (κ2) is 8.19. The first-order chi connectivity index (χ1) is 10.2. The van der Waals surface area contributed by atoms with Crippen LogP contribution < -0.4 is 5.32 Å². The zero-order valence-corrected chi connectivity index (χ0v) is 14.0. The molecule has 0 aliphatic carbocycles. The van der Waals surface area contributed by atoms with E-state index in [4.69, 9.17) is 4.42 Å². The zero-order chi connectivity index (χ0) is 15.1. The predicted molar refractivity (Wildman–Crippen MR) is 86.1 cm³/mol. The summed E-state index contributed by atoms with van der Waals surface area (Å²) in [5.41, 5.74) is 0.852. The van der Waals surface area contributed by atoms with Gasteiger partial charge >= 0.3 is 0 Å². The lowest BCUT2D eigenvalue weighted by Gasteiger charge is -2.01. The van der Waals surface area contributed by atoms with Gasteiger partial charge in [-0.05, 0) is 30.7 Å². The van der Waals surface area contributed by atoms with E-state index in [1.54, 1.807) is 0 Å². The van der Waals surface area contributed by atoms with Crippen molar-refractivity contribution in [2.24, 2.45) is 0 Å². The fourth-order valence-corrected chi connectivity index (χ4v) is 2.42. The molecule has 2 rings (SSSR count). The number of hydrogen-bond donors (Lipinski definition) is 1. The van der Waals surface area contributed by atoms with Crippen molar-refractivity contribution in [1.82, 2.24) is 15.5 Å². The van der Waals surface area contributed by atoms with E-state index in [-0.39, 0.29) is 11.7 Å². The number of nitrogens with zero attached hydrogens (tertiary/aromatic N) is 2. The Kier molecular flexibility index (Phi) is 6.25. The van der Waals surface area contributed by atoms with Crippen molar-refractivity contribution in [3.63, 3.8) is 0 Å². The molecule has 21 heavy (non-hydrogen) atoms. The summed E-state index contributed by atoms with van der Waals surface area (Å²) in [6.45, 7) is 2.80. The van der Waals surface area contributed by atoms with Gasteiger partial charge in [0, 0.05) is 16.6 Å². The molecule has 0 spiro atoms. The molecule has 0 aliphatic rings. The number of nitrogens with one attached hydrogen (secondary N) is 1. The Hall–Kier alpha value is -1.34. The monoisotopic (exact) mass is 369 g/mol. The highest BCUT2D eigenvalue weighted by Crippen LogP contribution is 2.24. The molecule has 0 saturated carbocycles. The van der Waals surface area contributed by atoms with Gasteiger partial charge in [-0.1, -0.05) is 41.0 Å². The number of halogens is 1. The molecule has 0 bridgehead atoms. The van der Waals surface area contributed by atoms with Crippen molar-refractivity contribution in [3.8, 4) is 11.5 Å². The normalized spacial score (nSPS) is 10.6. The Morgan fingerprint density at radius 3 is 2.81 bits per heavy atom. The molecule has 112 valence electrons. The molecule has 7 heteroatoms. The van der Waals surface area contributed by atoms with Gasteiger partial charge in [0.1, 0.15) is 0 Å². The van der Waals surface area contributed by atoms with Crippen LogP contribution in [0.5, 0.6) is 0 Å². The summed E-state index contributed by atoms with van der Waals surface area (Å²) in [5.74, 6) is 0.722. The minimum Gasteiger partial charge on any atom is -0.411 e. The number of carbonyl (C=O) groups is 1. The van der Waals surface area contributed by atoms with E-state index < -0.39 is 0 Å². The van der Waals surface area contributed by atoms with Crippen LogP contribution in [-0.4, -0.2) is 28.4 Å². The van der Waals surface area contributed by atoms with E-state index in [0.29, 0.717) is 17.7 Å². The van der Waals surface area contributed by atoms with Gasteiger partial charge in [0.25, 0.3) is 5.22 Å². The summed E-state index contributed by atoms with van der Waals surface area (Å²) in [4.78, 5) is 11.6. The summed E-state index contributed by atoms with van der Waals surface area (Å²) in [6.07, 6.45) is 2.05. The molecule has 5 nitrogen and oxygen atoms in total. The van der Waals surface area contributed by atoms with Crippen LogP contribution in [0.3, 0.4) is 0 Å². The Morgan fingerprint density at radius 1 is 1.33 bits per heavy atom. The largest absolute Gasteiger partial charge is 0.411 e. The molecule has 1 amide bonds. The molecule has 0 saturated heterocycles. The smallest absolute Gasteiger partial charge is 0.277 e. The van der Waals surface area contributed by atoms with Gasteiger partial charge in [-0.2, -0.15) is 0 Å². The summed E-state index contributed by atoms with van der Waals surface area (Å²) in [5, 5.41) is 11.2. The maximum Gasteiger partial charge on any atom is 0.277 e. The number of benzene rings is 1. The maximum atomic E-state index is 11.6. The predicted octanol–water partition coefficient (Wildman–Crippen LogP) is 3.51. The van der Waals surface area contributed by atoms with E-state index in [9.17, 15) is 4.79 Å². The SMILES string of the molecule is CCCCNC(=O)CSc1nnc(-c2ccc(Br)cc2)o1. The molecule has 0 atom stereocenters. The van der Waals surface area contributed by atoms with Crippen molar-refractivity contribution in [1.29, 1.82) is 0 Å². The van der Waals surface area contributed by atoms with Gasteiger partial charge in [-0.15, -0.1) is 10.2 Å². The van der Waals surface area contributed by atoms with E-state index in [1.165, 1.54) is 11.8 Å². The second-order valence-corrected chi connectivity index (χ2v) is 6.21. The first kappa shape index (κ1) is 16.0. The van der Waals surface area contributed by atoms with Gasteiger partial charge in [0.15, 0.2) is 0 Å². The van der Waals surface area contributed by atoms with Crippen molar-refractivity contribution in [2.75, 3.05) is 12.3 Å². The van der Waals surface area contributed by atoms with Crippen LogP contribution in [-0.2, 0) is 4.79 Å². The number of thioether (sulfide) groups is 1. The lowest BCUT2D eigenvalue weighted by molar-refractivity contribution is -0.118. The molecule has 0 aliphatic heterocycles. The maximum absolute atomic E-state index is 11.6. The van der Waals surface area contributed by atoms with Crippen LogP contribution in [0.15, 0.2) is 38.4 Å². The topological polar surface area (TPSA) is 68.0 Å². The molecule has 0 fully saturated rings. The van der Waals surface area contributed by atoms with Gasteiger partial charge in [-0.25, -0.2) is 0 Å². The van der Waals surface area contributed by atoms with Crippen LogP contribution in [0, 0.1) is 0 Å². The van der Waals surface area contributed by atoms with Crippen molar-refractivity contribution in [3.05, 3.63) is 28.7 Å². The molecule has 1 heterocycles. The van der Waals surface area contributed by atoms with Crippen LogP contribution in [0.2, 0.25) is 0 Å². The van der Waals surface area contributed by atoms with E-state index in [0.717, 1.165) is 22.9 Å². The highest BCUT2D eigenvalue weighted by atomic mass is 79.9. The van der Waals surface area contributed by atoms with Crippen molar-refractivity contribution in [2.45, 2.75) is 25.0 Å². The molecule has 1 aromatic carbocycles. The summed E-state index contributed by atoms with van der Waals surface area (Å²) < 4.78 is 6.52. The molecule has 1 aromatic heterocycles. The first-order valence-corrected chi connectivity index (χ1v) is 8.46. The Bertz CT molecular complexity index is 586. The lowest BCUT2D eigenvalue weighted by Crippen LogP contribution is -2.25. The molecule has 2 aromatic rings. The summed E-state index contributed by atoms with van der Waals surface area (Å²) in [7, 11) is 0. The van der Waals surface area contributed by atoms with E-state index in [1.807, 2.05) is 24.3 Å². The van der Waals surface area contributed by atoms with Crippen LogP contribution in [0.4, 0.5) is 0 Å². The number of hydrogen-bond acceptors (Lipinski definition) is 5. The minimum absolute atomic E-state index is 0.0168. The third-order valence-electron chi connectivity index (χ3n) is 2.68. The summed E-state index contributed by atoms with van der Waals surface area (Å²) >= 11 is 4.62. The van der Waals surface area contributed by atoms with E-state index >= 15 is 0 Å². The van der Waals surface area contributed by atoms with Crippen LogP contribution in [0.1, 0.15) is 19.8 Å². The van der Waals surface area contributed by atoms with Crippen LogP contribution >= 0.6 is 27.7 Å². The Morgan fingerprint density at radius 2 is 2.10 bits per heavy atom. The molecule has 0 unspecified atom stereocenters. The first-order valence-electron chi connectivity index (χ1n) is 6.68. The highest BCUT2D eigenvalue weighted by Gasteiger charge is 2.10. The van der Waals surface area contributed by atoms with Gasteiger partial charge in [-0.3, -0.25) is 4.79 Å². The number of rotatable bonds is 7. The number of aromatic nitrogens is 2. The van der Waals surface area contributed by atoms with Crippen LogP contribution in [0.25, 0.3) is 11.5 Å². The number of unbranched alkanes of at least 4 members (excludes halogenated alkanes) is 1. The average Bonchev–Trinajstić information content (AvgIpc) is 2.95. The third kappa shape index (κ3) is 5.17. The number of amides is 1. The standard InChI is InChI=1S/C14H16BrN3O2S/c1-2-3-8-16-12(19)9-21-14-18-17-13(20-14)10-4-6-11(15)7-5-10/h4-7H,2-3,8-9H2,1H3,(H,16,19). The zero-order valence-electron chi connectivity index (χ0n) is 11.6. The molecular formula is C14H16BrN3O2S. The Labute approximate surface area is 136 Å². The van der Waals surface area contributed by atoms with Crippen molar-refractivity contribution < 1.29 is 9.21 Å². The molecule has 0 radical (unpaired) electrons. The highest BCUT2D eigenvalue weighted by molar-refractivity contribution is 9.10. The van der Waals surface area contributed by atoms with Crippen molar-refractivity contribution >= 4 is 33.6 Å². The Balaban J connectivity index is 1.86. The van der Waals surface area contributed by atoms with Gasteiger partial charge in [0.05, 0.1) is 5.75 Å². The quantitative estimate of drug-likeness (QED) is 0.597. The molecular weight excluding hydrogens is 354 g/mol. The fraction of sp³-hybridized carbons (Fsp3) is 0.357. The van der Waals surface area contributed by atoms with E-state index in [2.05, 4.69) is 38.4 Å². The minimum atomic E-state index is -0.0168. The third-order valence-corrected chi connectivity index (χ3v) is 4.02. The lowest BCUT2D eigenvalue weighted by atomic mass is 10.2. The van der Waals surface area contributed by atoms with Gasteiger partial charge < -0.3 is 9.73 Å².